The second-order valence-corrected chi connectivity index (χ2v) is 6.42. The Bertz CT molecular complexity index is 617. The molecule has 2 aromatic heterocycles. The topological polar surface area (TPSA) is 88.8 Å². The Kier molecular flexibility index (Phi) is 4.19. The van der Waals surface area contributed by atoms with Crippen molar-refractivity contribution in [2.75, 3.05) is 11.9 Å². The minimum Gasteiger partial charge on any atom is -0.366 e. The smallest absolute Gasteiger partial charge is 0.229 e. The Morgan fingerprint density at radius 1 is 1.13 bits per heavy atom. The summed E-state index contributed by atoms with van der Waals surface area (Å²) < 4.78 is 5.53. The molecule has 1 saturated carbocycles. The lowest BCUT2D eigenvalue weighted by atomic mass is 9.86. The number of aromatic nitrogens is 4. The highest BCUT2D eigenvalue weighted by molar-refractivity contribution is 5.31. The second kappa shape index (κ2) is 6.62. The van der Waals surface area contributed by atoms with Gasteiger partial charge in [-0.1, -0.05) is 5.16 Å². The molecule has 1 aliphatic heterocycles. The minimum atomic E-state index is 0.280. The van der Waals surface area contributed by atoms with Crippen molar-refractivity contribution in [3.63, 3.8) is 0 Å². The monoisotopic (exact) mass is 314 g/mol. The average Bonchev–Trinajstić information content (AvgIpc) is 3.28. The van der Waals surface area contributed by atoms with Gasteiger partial charge in [0.2, 0.25) is 5.89 Å². The molecule has 3 heterocycles. The fraction of sp³-hybridized carbons (Fsp3) is 0.625. The van der Waals surface area contributed by atoms with Crippen LogP contribution in [0, 0.1) is 0 Å². The summed E-state index contributed by atoms with van der Waals surface area (Å²) >= 11 is 0. The summed E-state index contributed by atoms with van der Waals surface area (Å²) in [6, 6.07) is 0.726. The quantitative estimate of drug-likeness (QED) is 0.895. The molecule has 7 heteroatoms. The molecular weight excluding hydrogens is 292 g/mol. The normalized spacial score (nSPS) is 27.9. The van der Waals surface area contributed by atoms with Crippen LogP contribution in [-0.4, -0.2) is 32.7 Å². The summed E-state index contributed by atoms with van der Waals surface area (Å²) in [6.07, 6.45) is 11.8. The van der Waals surface area contributed by atoms with Crippen molar-refractivity contribution in [1.29, 1.82) is 0 Å². The zero-order chi connectivity index (χ0) is 15.5. The lowest BCUT2D eigenvalue weighted by molar-refractivity contribution is 0.303. The molecule has 122 valence electrons. The molecule has 2 aromatic rings. The highest BCUT2D eigenvalue weighted by atomic mass is 16.5. The summed E-state index contributed by atoms with van der Waals surface area (Å²) in [5.41, 5.74) is 0. The van der Waals surface area contributed by atoms with E-state index in [-0.39, 0.29) is 6.04 Å². The van der Waals surface area contributed by atoms with Crippen molar-refractivity contribution in [2.45, 2.75) is 56.5 Å². The molecular formula is C16H22N6O. The third-order valence-corrected chi connectivity index (χ3v) is 4.82. The fourth-order valence-corrected chi connectivity index (χ4v) is 3.53. The van der Waals surface area contributed by atoms with E-state index < -0.39 is 0 Å². The summed E-state index contributed by atoms with van der Waals surface area (Å²) in [5.74, 6) is 2.88. The van der Waals surface area contributed by atoms with Gasteiger partial charge in [0, 0.05) is 24.4 Å². The predicted molar refractivity (Wildman–Crippen MR) is 84.9 cm³/mol. The number of hydrogen-bond donors (Lipinski definition) is 2. The van der Waals surface area contributed by atoms with E-state index in [4.69, 9.17) is 4.52 Å². The van der Waals surface area contributed by atoms with Crippen LogP contribution in [0.4, 0.5) is 5.82 Å². The Hall–Kier alpha value is -2.02. The SMILES string of the molecule is c1cnc(NC2CCC(c3nc(C4CCCN4)no3)CC2)cn1. The number of anilines is 1. The van der Waals surface area contributed by atoms with Crippen molar-refractivity contribution in [1.82, 2.24) is 25.4 Å². The highest BCUT2D eigenvalue weighted by Crippen LogP contribution is 2.33. The van der Waals surface area contributed by atoms with Gasteiger partial charge in [0.15, 0.2) is 5.82 Å². The van der Waals surface area contributed by atoms with Crippen LogP contribution in [0.5, 0.6) is 0 Å². The van der Waals surface area contributed by atoms with Crippen molar-refractivity contribution in [2.24, 2.45) is 0 Å². The van der Waals surface area contributed by atoms with Crippen LogP contribution in [0.2, 0.25) is 0 Å². The first-order chi connectivity index (χ1) is 11.4. The third kappa shape index (κ3) is 3.34. The Morgan fingerprint density at radius 3 is 2.78 bits per heavy atom. The van der Waals surface area contributed by atoms with Crippen molar-refractivity contribution >= 4 is 5.82 Å². The summed E-state index contributed by atoms with van der Waals surface area (Å²) in [5, 5.41) is 11.0. The first kappa shape index (κ1) is 14.6. The van der Waals surface area contributed by atoms with Crippen LogP contribution in [0.25, 0.3) is 0 Å². The molecule has 2 aliphatic rings. The van der Waals surface area contributed by atoms with Gasteiger partial charge in [0.05, 0.1) is 12.2 Å². The molecule has 4 rings (SSSR count). The maximum Gasteiger partial charge on any atom is 0.229 e. The molecule has 2 N–H and O–H groups in total. The highest BCUT2D eigenvalue weighted by Gasteiger charge is 2.28. The zero-order valence-corrected chi connectivity index (χ0v) is 13.1. The van der Waals surface area contributed by atoms with Crippen LogP contribution < -0.4 is 10.6 Å². The van der Waals surface area contributed by atoms with Crippen LogP contribution >= 0.6 is 0 Å². The maximum absolute atomic E-state index is 5.53. The average molecular weight is 314 g/mol. The predicted octanol–water partition coefficient (Wildman–Crippen LogP) is 2.42. The molecule has 1 atom stereocenters. The third-order valence-electron chi connectivity index (χ3n) is 4.82. The molecule has 1 aliphatic carbocycles. The van der Waals surface area contributed by atoms with Gasteiger partial charge in [0.25, 0.3) is 0 Å². The summed E-state index contributed by atoms with van der Waals surface area (Å²) in [4.78, 5) is 13.0. The van der Waals surface area contributed by atoms with E-state index in [9.17, 15) is 0 Å². The number of nitrogens with zero attached hydrogens (tertiary/aromatic N) is 4. The lowest BCUT2D eigenvalue weighted by Crippen LogP contribution is -2.26. The zero-order valence-electron chi connectivity index (χ0n) is 13.1. The number of rotatable bonds is 4. The Balaban J connectivity index is 1.32. The van der Waals surface area contributed by atoms with E-state index in [0.717, 1.165) is 56.2 Å². The van der Waals surface area contributed by atoms with Crippen molar-refractivity contribution in [3.05, 3.63) is 30.3 Å². The van der Waals surface area contributed by atoms with Crippen LogP contribution in [0.1, 0.15) is 62.2 Å². The molecule has 1 saturated heterocycles. The van der Waals surface area contributed by atoms with Crippen molar-refractivity contribution in [3.8, 4) is 0 Å². The largest absolute Gasteiger partial charge is 0.366 e. The minimum absolute atomic E-state index is 0.280. The van der Waals surface area contributed by atoms with Gasteiger partial charge in [-0.25, -0.2) is 4.98 Å². The molecule has 7 nitrogen and oxygen atoms in total. The molecule has 0 radical (unpaired) electrons. The summed E-state index contributed by atoms with van der Waals surface area (Å²) in [7, 11) is 0. The van der Waals surface area contributed by atoms with Gasteiger partial charge in [-0.2, -0.15) is 4.98 Å². The second-order valence-electron chi connectivity index (χ2n) is 6.42. The van der Waals surface area contributed by atoms with Gasteiger partial charge in [0.1, 0.15) is 5.82 Å². The van der Waals surface area contributed by atoms with Gasteiger partial charge in [-0.3, -0.25) is 4.98 Å². The van der Waals surface area contributed by atoms with Crippen molar-refractivity contribution < 1.29 is 4.52 Å². The molecule has 1 unspecified atom stereocenters. The van der Waals surface area contributed by atoms with Crippen LogP contribution in [0.3, 0.4) is 0 Å². The number of nitrogens with one attached hydrogen (secondary N) is 2. The lowest BCUT2D eigenvalue weighted by Gasteiger charge is -2.27. The van der Waals surface area contributed by atoms with E-state index in [1.807, 2.05) is 0 Å². The molecule has 0 bridgehead atoms. The molecule has 0 spiro atoms. The van der Waals surface area contributed by atoms with E-state index in [0.29, 0.717) is 12.0 Å². The first-order valence-corrected chi connectivity index (χ1v) is 8.48. The fourth-order valence-electron chi connectivity index (χ4n) is 3.53. The molecule has 0 aromatic carbocycles. The number of hydrogen-bond acceptors (Lipinski definition) is 7. The van der Waals surface area contributed by atoms with E-state index in [1.165, 1.54) is 6.42 Å². The standard InChI is InChI=1S/C16H22N6O/c1-2-13(18-7-1)15-21-16(23-22-15)11-3-5-12(6-4-11)20-14-10-17-8-9-19-14/h8-13,18H,1-7H2,(H,19,20). The van der Waals surface area contributed by atoms with E-state index in [1.54, 1.807) is 18.6 Å². The van der Waals surface area contributed by atoms with E-state index >= 15 is 0 Å². The first-order valence-electron chi connectivity index (χ1n) is 8.48. The van der Waals surface area contributed by atoms with Gasteiger partial charge in [-0.15, -0.1) is 0 Å². The molecule has 2 fully saturated rings. The van der Waals surface area contributed by atoms with Crippen LogP contribution in [0.15, 0.2) is 23.1 Å². The molecule has 23 heavy (non-hydrogen) atoms. The maximum atomic E-state index is 5.53. The Morgan fingerprint density at radius 2 is 2.04 bits per heavy atom. The van der Waals surface area contributed by atoms with Gasteiger partial charge >= 0.3 is 0 Å². The van der Waals surface area contributed by atoms with Gasteiger partial charge < -0.3 is 15.2 Å². The van der Waals surface area contributed by atoms with Gasteiger partial charge in [-0.05, 0) is 45.1 Å². The van der Waals surface area contributed by atoms with Crippen LogP contribution in [-0.2, 0) is 0 Å². The van der Waals surface area contributed by atoms with E-state index in [2.05, 4.69) is 30.7 Å². The Labute approximate surface area is 135 Å². The summed E-state index contributed by atoms with van der Waals surface area (Å²) in [6.45, 7) is 1.05. The molecule has 0 amide bonds.